The fourth-order valence-electron chi connectivity index (χ4n) is 3.14. The van der Waals surface area contributed by atoms with Crippen molar-refractivity contribution in [3.05, 3.63) is 23.5 Å². The van der Waals surface area contributed by atoms with Gasteiger partial charge < -0.3 is 14.8 Å². The van der Waals surface area contributed by atoms with Crippen LogP contribution in [0.15, 0.2) is 12.1 Å². The van der Waals surface area contributed by atoms with E-state index in [2.05, 4.69) is 24.1 Å². The van der Waals surface area contributed by atoms with E-state index in [-0.39, 0.29) is 11.9 Å². The Morgan fingerprint density at radius 1 is 1.18 bits per heavy atom. The Bertz CT molecular complexity index is 490. The molecule has 1 unspecified atom stereocenters. The van der Waals surface area contributed by atoms with Crippen LogP contribution in [0.25, 0.3) is 0 Å². The largest absolute Gasteiger partial charge is 0.493 e. The number of hydrogen-bond donors (Lipinski definition) is 1. The summed E-state index contributed by atoms with van der Waals surface area (Å²) in [5, 5.41) is 3.35. The van der Waals surface area contributed by atoms with Crippen LogP contribution < -0.4 is 14.8 Å². The van der Waals surface area contributed by atoms with Crippen LogP contribution in [0, 0.1) is 11.7 Å². The average Bonchev–Trinajstić information content (AvgIpc) is 2.56. The summed E-state index contributed by atoms with van der Waals surface area (Å²) < 4.78 is 25.2. The quantitative estimate of drug-likeness (QED) is 0.876. The number of halogens is 1. The second-order valence-electron chi connectivity index (χ2n) is 5.85. The van der Waals surface area contributed by atoms with Gasteiger partial charge >= 0.3 is 0 Å². The Labute approximate surface area is 132 Å². The summed E-state index contributed by atoms with van der Waals surface area (Å²) in [6, 6.07) is 3.30. The molecule has 2 rings (SSSR count). The van der Waals surface area contributed by atoms with Gasteiger partial charge in [-0.1, -0.05) is 20.3 Å². The molecule has 1 saturated heterocycles. The van der Waals surface area contributed by atoms with Gasteiger partial charge in [-0.05, 0) is 12.0 Å². The second-order valence-corrected chi connectivity index (χ2v) is 5.85. The van der Waals surface area contributed by atoms with E-state index in [1.165, 1.54) is 13.2 Å². The van der Waals surface area contributed by atoms with Crippen LogP contribution in [0.5, 0.6) is 11.5 Å². The molecule has 22 heavy (non-hydrogen) atoms. The maximum Gasteiger partial charge on any atom is 0.163 e. The lowest BCUT2D eigenvalue weighted by molar-refractivity contribution is 0.125. The molecule has 5 heteroatoms. The third-order valence-electron chi connectivity index (χ3n) is 4.55. The van der Waals surface area contributed by atoms with E-state index in [0.717, 1.165) is 32.6 Å². The van der Waals surface area contributed by atoms with Crippen LogP contribution >= 0.6 is 0 Å². The summed E-state index contributed by atoms with van der Waals surface area (Å²) in [7, 11) is 3.11. The van der Waals surface area contributed by atoms with Crippen LogP contribution in [0.3, 0.4) is 0 Å². The third-order valence-corrected chi connectivity index (χ3v) is 4.55. The molecule has 1 aliphatic rings. The number of ether oxygens (including phenoxy) is 2. The topological polar surface area (TPSA) is 33.7 Å². The number of hydrogen-bond acceptors (Lipinski definition) is 4. The van der Waals surface area contributed by atoms with Crippen molar-refractivity contribution in [2.75, 3.05) is 40.4 Å². The smallest absolute Gasteiger partial charge is 0.163 e. The number of nitrogens with one attached hydrogen (secondary N) is 1. The van der Waals surface area contributed by atoms with Gasteiger partial charge in [-0.3, -0.25) is 4.90 Å². The van der Waals surface area contributed by atoms with Gasteiger partial charge in [-0.25, -0.2) is 4.39 Å². The van der Waals surface area contributed by atoms with E-state index in [1.54, 1.807) is 13.2 Å². The van der Waals surface area contributed by atoms with Crippen molar-refractivity contribution in [3.8, 4) is 11.5 Å². The maximum absolute atomic E-state index is 14.7. The molecule has 0 amide bonds. The van der Waals surface area contributed by atoms with Crippen LogP contribution in [0.1, 0.15) is 31.9 Å². The predicted molar refractivity (Wildman–Crippen MR) is 86.1 cm³/mol. The van der Waals surface area contributed by atoms with E-state index in [4.69, 9.17) is 9.47 Å². The second kappa shape index (κ2) is 7.79. The van der Waals surface area contributed by atoms with Crippen molar-refractivity contribution >= 4 is 0 Å². The molecule has 1 fully saturated rings. The minimum absolute atomic E-state index is 0.0620. The van der Waals surface area contributed by atoms with E-state index in [0.29, 0.717) is 23.0 Å². The van der Waals surface area contributed by atoms with Gasteiger partial charge in [0.15, 0.2) is 11.5 Å². The highest BCUT2D eigenvalue weighted by Gasteiger charge is 2.29. The van der Waals surface area contributed by atoms with Gasteiger partial charge in [0.2, 0.25) is 0 Å². The summed E-state index contributed by atoms with van der Waals surface area (Å²) >= 11 is 0. The monoisotopic (exact) mass is 310 g/mol. The Hall–Kier alpha value is -1.33. The summed E-state index contributed by atoms with van der Waals surface area (Å²) in [6.45, 7) is 8.09. The lowest BCUT2D eigenvalue weighted by atomic mass is 9.90. The third kappa shape index (κ3) is 3.52. The molecule has 0 aliphatic carbocycles. The molecule has 124 valence electrons. The lowest BCUT2D eigenvalue weighted by Gasteiger charge is -2.38. The number of benzene rings is 1. The SMILES string of the molecule is CCC(C)[C@H](c1cc(OC)c(OC)cc1F)N1CCNCC1. The van der Waals surface area contributed by atoms with Crippen LogP contribution in [-0.4, -0.2) is 45.3 Å². The first-order valence-corrected chi connectivity index (χ1v) is 7.98. The molecule has 1 N–H and O–H groups in total. The maximum atomic E-state index is 14.7. The molecule has 1 heterocycles. The fraction of sp³-hybridized carbons (Fsp3) is 0.647. The van der Waals surface area contributed by atoms with Gasteiger partial charge in [-0.15, -0.1) is 0 Å². The average molecular weight is 310 g/mol. The molecule has 2 atom stereocenters. The summed E-state index contributed by atoms with van der Waals surface area (Å²) in [5.74, 6) is 1.17. The molecule has 0 bridgehead atoms. The Morgan fingerprint density at radius 3 is 2.32 bits per heavy atom. The normalized spacial score (nSPS) is 18.8. The highest BCUT2D eigenvalue weighted by molar-refractivity contribution is 5.45. The molecule has 0 spiro atoms. The standard InChI is InChI=1S/C17H27FN2O2/c1-5-12(2)17(20-8-6-19-7-9-20)13-10-15(21-3)16(22-4)11-14(13)18/h10-12,17,19H,5-9H2,1-4H3/t12?,17-/m1/s1. The summed E-state index contributed by atoms with van der Waals surface area (Å²) in [6.07, 6.45) is 1.00. The van der Waals surface area contributed by atoms with E-state index < -0.39 is 0 Å². The zero-order chi connectivity index (χ0) is 16.1. The fourth-order valence-corrected chi connectivity index (χ4v) is 3.14. The van der Waals surface area contributed by atoms with Crippen LogP contribution in [-0.2, 0) is 0 Å². The van der Waals surface area contributed by atoms with Gasteiger partial charge in [0.1, 0.15) is 5.82 Å². The molecule has 1 aromatic rings. The van der Waals surface area contributed by atoms with Crippen LogP contribution in [0.2, 0.25) is 0 Å². The Kier molecular flexibility index (Phi) is 6.03. The van der Waals surface area contributed by atoms with Crippen molar-refractivity contribution in [3.63, 3.8) is 0 Å². The minimum atomic E-state index is -0.221. The molecular formula is C17H27FN2O2. The van der Waals surface area contributed by atoms with Gasteiger partial charge in [0, 0.05) is 43.9 Å². The highest BCUT2D eigenvalue weighted by Crippen LogP contribution is 2.38. The van der Waals surface area contributed by atoms with Gasteiger partial charge in [0.25, 0.3) is 0 Å². The number of rotatable bonds is 6. The lowest BCUT2D eigenvalue weighted by Crippen LogP contribution is -2.46. The number of methoxy groups -OCH3 is 2. The molecule has 1 aromatic carbocycles. The van der Waals surface area contributed by atoms with E-state index in [1.807, 2.05) is 0 Å². The van der Waals surface area contributed by atoms with Crippen molar-refractivity contribution in [2.45, 2.75) is 26.3 Å². The summed E-state index contributed by atoms with van der Waals surface area (Å²) in [5.41, 5.74) is 0.703. The first kappa shape index (κ1) is 17.0. The number of nitrogens with zero attached hydrogens (tertiary/aromatic N) is 1. The predicted octanol–water partition coefficient (Wildman–Crippen LogP) is 2.84. The van der Waals surface area contributed by atoms with Gasteiger partial charge in [-0.2, -0.15) is 0 Å². The van der Waals surface area contributed by atoms with E-state index in [9.17, 15) is 4.39 Å². The van der Waals surface area contributed by atoms with Crippen molar-refractivity contribution in [1.82, 2.24) is 10.2 Å². The molecule has 0 saturated carbocycles. The summed E-state index contributed by atoms with van der Waals surface area (Å²) in [4.78, 5) is 2.37. The first-order chi connectivity index (χ1) is 10.6. The molecular weight excluding hydrogens is 283 g/mol. The van der Waals surface area contributed by atoms with E-state index >= 15 is 0 Å². The van der Waals surface area contributed by atoms with Crippen molar-refractivity contribution in [1.29, 1.82) is 0 Å². The number of piperazine rings is 1. The van der Waals surface area contributed by atoms with Crippen LogP contribution in [0.4, 0.5) is 4.39 Å². The Balaban J connectivity index is 2.41. The van der Waals surface area contributed by atoms with Crippen molar-refractivity contribution < 1.29 is 13.9 Å². The molecule has 4 nitrogen and oxygen atoms in total. The zero-order valence-corrected chi connectivity index (χ0v) is 14.0. The highest BCUT2D eigenvalue weighted by atomic mass is 19.1. The minimum Gasteiger partial charge on any atom is -0.493 e. The molecule has 1 aliphatic heterocycles. The van der Waals surface area contributed by atoms with Gasteiger partial charge in [0.05, 0.1) is 14.2 Å². The Morgan fingerprint density at radius 2 is 1.77 bits per heavy atom. The molecule has 0 aromatic heterocycles. The zero-order valence-electron chi connectivity index (χ0n) is 14.0. The first-order valence-electron chi connectivity index (χ1n) is 7.98. The molecule has 0 radical (unpaired) electrons. The van der Waals surface area contributed by atoms with Crippen molar-refractivity contribution in [2.24, 2.45) is 5.92 Å².